The lowest BCUT2D eigenvalue weighted by Crippen LogP contribution is -2.68. The Kier molecular flexibility index (Phi) is 11.0. The number of nitrogens with zero attached hydrogens (tertiary/aromatic N) is 3. The third-order valence-electron chi connectivity index (χ3n) is 9.01. The largest absolute Gasteiger partial charge is 0.474 e. The van der Waals surface area contributed by atoms with Gasteiger partial charge in [-0.3, -0.25) is 24.6 Å². The van der Waals surface area contributed by atoms with Gasteiger partial charge in [-0.1, -0.05) is 31.0 Å². The van der Waals surface area contributed by atoms with Crippen LogP contribution in [0.3, 0.4) is 0 Å². The van der Waals surface area contributed by atoms with E-state index in [1.807, 2.05) is 0 Å². The summed E-state index contributed by atoms with van der Waals surface area (Å²) in [6.45, 7) is 1.72. The van der Waals surface area contributed by atoms with Crippen LogP contribution in [-0.2, 0) is 28.4 Å². The van der Waals surface area contributed by atoms with Crippen molar-refractivity contribution in [2.75, 3.05) is 13.1 Å². The Balaban J connectivity index is 1.64. The monoisotopic (exact) mass is 746 g/mol. The van der Waals surface area contributed by atoms with Crippen molar-refractivity contribution in [1.29, 1.82) is 0 Å². The molecule has 0 saturated carbocycles. The van der Waals surface area contributed by atoms with E-state index in [2.05, 4.69) is 4.98 Å². The lowest BCUT2D eigenvalue weighted by molar-refractivity contribution is -0.163. The Bertz CT molecular complexity index is 1740. The van der Waals surface area contributed by atoms with Gasteiger partial charge >= 0.3 is 12.4 Å². The molecular weight excluding hydrogens is 714 g/mol. The summed E-state index contributed by atoms with van der Waals surface area (Å²) in [5, 5.41) is 10.7. The third kappa shape index (κ3) is 7.56. The second-order valence-corrected chi connectivity index (χ2v) is 13.5. The summed E-state index contributed by atoms with van der Waals surface area (Å²) in [7, 11) is 0. The first kappa shape index (κ1) is 37.4. The van der Waals surface area contributed by atoms with Crippen molar-refractivity contribution < 1.29 is 50.7 Å². The highest BCUT2D eigenvalue weighted by Gasteiger charge is 2.57. The fraction of sp³-hybridized carbons (Fsp3) is 0.455. The van der Waals surface area contributed by atoms with Crippen molar-refractivity contribution in [3.05, 3.63) is 80.3 Å². The van der Waals surface area contributed by atoms with Gasteiger partial charge in [-0.2, -0.15) is 26.3 Å². The second kappa shape index (κ2) is 14.8. The molecule has 2 aliphatic rings. The second-order valence-electron chi connectivity index (χ2n) is 12.1. The highest BCUT2D eigenvalue weighted by Crippen LogP contribution is 2.45. The first-order chi connectivity index (χ1) is 23.6. The highest BCUT2D eigenvalue weighted by molar-refractivity contribution is 7.10. The number of aromatic nitrogens is 1. The van der Waals surface area contributed by atoms with Crippen LogP contribution in [0.2, 0.25) is 5.02 Å². The predicted octanol–water partition coefficient (Wildman–Crippen LogP) is 7.47. The Labute approximate surface area is 292 Å². The molecule has 17 heteroatoms. The van der Waals surface area contributed by atoms with Gasteiger partial charge in [0, 0.05) is 48.6 Å². The number of carbonyl (C=O) groups is 3. The van der Waals surface area contributed by atoms with Crippen molar-refractivity contribution in [2.45, 2.75) is 81.9 Å². The summed E-state index contributed by atoms with van der Waals surface area (Å²) in [5.41, 5.74) is -1.21. The van der Waals surface area contributed by atoms with Gasteiger partial charge in [-0.15, -0.1) is 11.3 Å². The van der Waals surface area contributed by atoms with Crippen LogP contribution in [0.4, 0.5) is 26.3 Å². The van der Waals surface area contributed by atoms with Gasteiger partial charge in [0.15, 0.2) is 0 Å². The molecule has 0 unspecified atom stereocenters. The molecule has 0 spiro atoms. The number of hydrogen-bond donors (Lipinski definition) is 2. The molecule has 1 aromatic carbocycles. The number of carbonyl (C=O) groups excluding carboxylic acids is 3. The van der Waals surface area contributed by atoms with E-state index in [0.717, 1.165) is 40.2 Å². The standard InChI is InChI=1S/C33H33ClF6N4O5S/c1-2-5-25-31(49-21-17-26(50-18-21)33(38,39)40,12-4-14-44(25)29(46)28-23(32(35,36)37)6-3-13-41-28)30(47)43-15-11-19-16-20(34)7-8-22(19)24(43)9-10-27(45)42-48/h3,6-8,13,16-18,24-25,48H,2,4-5,9-12,14-15H2,1H3,(H,42,45)/t24-,25-,31+/m1/s1. The SMILES string of the molecule is CCC[C@H]1N(C(=O)c2ncccc2C(F)(F)F)CCC[C@@]1(Oc1csc(C(F)(F)F)c1)C(=O)N1CCc2cc(Cl)ccc2[C@H]1CCC(=O)NO. The number of benzene rings is 1. The zero-order chi connectivity index (χ0) is 36.4. The average molecular weight is 747 g/mol. The lowest BCUT2D eigenvalue weighted by atomic mass is 9.78. The number of ether oxygens (including phenoxy) is 1. The maximum Gasteiger partial charge on any atom is 0.425 e. The molecule has 2 N–H and O–H groups in total. The predicted molar refractivity (Wildman–Crippen MR) is 170 cm³/mol. The summed E-state index contributed by atoms with van der Waals surface area (Å²) in [5.74, 6) is -2.83. The average Bonchev–Trinajstić information content (AvgIpc) is 3.56. The molecule has 270 valence electrons. The van der Waals surface area contributed by atoms with Crippen LogP contribution in [0.1, 0.15) is 83.5 Å². The number of hydroxylamine groups is 1. The fourth-order valence-corrected chi connectivity index (χ4v) is 7.75. The van der Waals surface area contributed by atoms with E-state index in [1.165, 1.54) is 4.90 Å². The fourth-order valence-electron chi connectivity index (χ4n) is 6.88. The molecule has 3 atom stereocenters. The van der Waals surface area contributed by atoms with Crippen molar-refractivity contribution in [3.8, 4) is 5.75 Å². The van der Waals surface area contributed by atoms with Crippen LogP contribution in [0.5, 0.6) is 5.75 Å². The third-order valence-corrected chi connectivity index (χ3v) is 10.2. The number of halogens is 7. The molecule has 2 aliphatic heterocycles. The van der Waals surface area contributed by atoms with E-state index >= 15 is 4.79 Å². The molecule has 1 saturated heterocycles. The van der Waals surface area contributed by atoms with Gasteiger partial charge in [-0.25, -0.2) is 5.48 Å². The molecule has 3 amide bonds. The number of rotatable bonds is 9. The maximum absolute atomic E-state index is 15.2. The van der Waals surface area contributed by atoms with E-state index in [9.17, 15) is 35.9 Å². The first-order valence-corrected chi connectivity index (χ1v) is 17.1. The number of hydrogen-bond acceptors (Lipinski definition) is 7. The minimum atomic E-state index is -4.93. The number of likely N-dealkylation sites (tertiary alicyclic amines) is 1. The maximum atomic E-state index is 15.2. The Morgan fingerprint density at radius 2 is 1.84 bits per heavy atom. The van der Waals surface area contributed by atoms with Crippen LogP contribution >= 0.6 is 22.9 Å². The molecule has 50 heavy (non-hydrogen) atoms. The zero-order valence-electron chi connectivity index (χ0n) is 26.6. The smallest absolute Gasteiger partial charge is 0.425 e. The molecule has 0 bridgehead atoms. The first-order valence-electron chi connectivity index (χ1n) is 15.8. The highest BCUT2D eigenvalue weighted by atomic mass is 35.5. The molecule has 9 nitrogen and oxygen atoms in total. The summed E-state index contributed by atoms with van der Waals surface area (Å²) >= 11 is 6.59. The zero-order valence-corrected chi connectivity index (χ0v) is 28.2. The topological polar surface area (TPSA) is 112 Å². The van der Waals surface area contributed by atoms with Crippen LogP contribution in [0, 0.1) is 0 Å². The number of amides is 3. The molecule has 0 aliphatic carbocycles. The van der Waals surface area contributed by atoms with Crippen molar-refractivity contribution in [3.63, 3.8) is 0 Å². The Morgan fingerprint density at radius 1 is 1.08 bits per heavy atom. The van der Waals surface area contributed by atoms with Crippen molar-refractivity contribution >= 4 is 40.7 Å². The van der Waals surface area contributed by atoms with E-state index in [1.54, 1.807) is 30.6 Å². The van der Waals surface area contributed by atoms with Crippen LogP contribution in [0.25, 0.3) is 0 Å². The van der Waals surface area contributed by atoms with Gasteiger partial charge in [0.05, 0.1) is 17.6 Å². The quantitative estimate of drug-likeness (QED) is 0.134. The van der Waals surface area contributed by atoms with Gasteiger partial charge in [0.1, 0.15) is 16.3 Å². The number of pyridine rings is 1. The number of fused-ring (bicyclic) bond motifs is 1. The van der Waals surface area contributed by atoms with Gasteiger partial charge in [0.25, 0.3) is 11.8 Å². The van der Waals surface area contributed by atoms with Gasteiger partial charge in [-0.05, 0) is 61.1 Å². The summed E-state index contributed by atoms with van der Waals surface area (Å²) in [4.78, 5) is 46.7. The molecule has 1 fully saturated rings. The minimum absolute atomic E-state index is 0.0173. The van der Waals surface area contributed by atoms with E-state index in [4.69, 9.17) is 21.5 Å². The number of piperidine rings is 1. The minimum Gasteiger partial charge on any atom is -0.474 e. The molecule has 2 aromatic heterocycles. The van der Waals surface area contributed by atoms with Gasteiger partial charge in [0.2, 0.25) is 11.5 Å². The summed E-state index contributed by atoms with van der Waals surface area (Å²) in [6, 6.07) is 5.52. The Hall–Kier alpha value is -3.89. The van der Waals surface area contributed by atoms with Crippen LogP contribution < -0.4 is 10.2 Å². The summed E-state index contributed by atoms with van der Waals surface area (Å²) in [6.07, 6.45) is -8.16. The molecule has 5 rings (SSSR count). The normalized spacial score (nSPS) is 21.1. The van der Waals surface area contributed by atoms with Crippen LogP contribution in [0.15, 0.2) is 48.0 Å². The van der Waals surface area contributed by atoms with E-state index < -0.39 is 63.9 Å². The Morgan fingerprint density at radius 3 is 2.50 bits per heavy atom. The molecule has 3 aromatic rings. The number of alkyl halides is 6. The van der Waals surface area contributed by atoms with E-state index in [0.29, 0.717) is 34.8 Å². The number of thiophene rings is 1. The molecular formula is C33H33ClF6N4O5S. The van der Waals surface area contributed by atoms with Crippen LogP contribution in [-0.4, -0.2) is 62.4 Å². The van der Waals surface area contributed by atoms with Crippen molar-refractivity contribution in [1.82, 2.24) is 20.3 Å². The van der Waals surface area contributed by atoms with Gasteiger partial charge < -0.3 is 14.5 Å². The lowest BCUT2D eigenvalue weighted by Gasteiger charge is -2.51. The summed E-state index contributed by atoms with van der Waals surface area (Å²) < 4.78 is 89.5. The van der Waals surface area contributed by atoms with E-state index in [-0.39, 0.29) is 50.9 Å². The number of nitrogens with one attached hydrogen (secondary N) is 1. The molecule has 0 radical (unpaired) electrons. The molecule has 4 heterocycles. The van der Waals surface area contributed by atoms with Crippen molar-refractivity contribution in [2.24, 2.45) is 0 Å².